The second-order valence-electron chi connectivity index (χ2n) is 6.82. The predicted octanol–water partition coefficient (Wildman–Crippen LogP) is 1.79. The van der Waals surface area contributed by atoms with E-state index in [-0.39, 0.29) is 11.0 Å². The van der Waals surface area contributed by atoms with E-state index < -0.39 is 0 Å². The molecule has 2 bridgehead atoms. The van der Waals surface area contributed by atoms with Crippen molar-refractivity contribution in [3.05, 3.63) is 35.4 Å². The highest BCUT2D eigenvalue weighted by Crippen LogP contribution is 2.63. The van der Waals surface area contributed by atoms with Crippen LogP contribution in [-0.4, -0.2) is 37.5 Å². The minimum Gasteiger partial charge on any atom is -0.376 e. The highest BCUT2D eigenvalue weighted by atomic mass is 16.6. The van der Waals surface area contributed by atoms with Crippen LogP contribution in [0, 0.1) is 0 Å². The summed E-state index contributed by atoms with van der Waals surface area (Å²) in [4.78, 5) is 0. The Kier molecular flexibility index (Phi) is 2.14. The van der Waals surface area contributed by atoms with Gasteiger partial charge in [0.1, 0.15) is 0 Å². The van der Waals surface area contributed by atoms with Gasteiger partial charge in [0.15, 0.2) is 0 Å². The summed E-state index contributed by atoms with van der Waals surface area (Å²) < 4.78 is 12.4. The molecular formula is C17H21NO2. The van der Waals surface area contributed by atoms with Crippen LogP contribution in [0.15, 0.2) is 24.3 Å². The molecule has 5 rings (SSSR count). The first-order chi connectivity index (χ1) is 9.82. The second-order valence-corrected chi connectivity index (χ2v) is 6.82. The number of fused-ring (bicyclic) bond motifs is 2. The normalized spacial score (nSPS) is 48.0. The Morgan fingerprint density at radius 1 is 1.30 bits per heavy atom. The molecule has 1 aromatic carbocycles. The average molecular weight is 271 g/mol. The van der Waals surface area contributed by atoms with E-state index in [0.717, 1.165) is 32.2 Å². The lowest BCUT2D eigenvalue weighted by molar-refractivity contribution is -0.145. The maximum atomic E-state index is 6.25. The third-order valence-corrected chi connectivity index (χ3v) is 6.38. The van der Waals surface area contributed by atoms with Crippen LogP contribution >= 0.6 is 0 Å². The summed E-state index contributed by atoms with van der Waals surface area (Å²) >= 11 is 0. The van der Waals surface area contributed by atoms with Gasteiger partial charge in [0.05, 0.1) is 23.2 Å². The molecule has 1 saturated carbocycles. The van der Waals surface area contributed by atoms with Crippen molar-refractivity contribution in [3.63, 3.8) is 0 Å². The van der Waals surface area contributed by atoms with Crippen molar-refractivity contribution in [2.45, 2.75) is 54.9 Å². The fraction of sp³-hybridized carbons (Fsp3) is 0.647. The summed E-state index contributed by atoms with van der Waals surface area (Å²) in [5.74, 6) is 0. The summed E-state index contributed by atoms with van der Waals surface area (Å²) in [6.07, 6.45) is 5.35. The molecule has 106 valence electrons. The lowest BCUT2D eigenvalue weighted by Gasteiger charge is -2.61. The summed E-state index contributed by atoms with van der Waals surface area (Å²) in [5, 5.41) is 3.74. The van der Waals surface area contributed by atoms with E-state index in [4.69, 9.17) is 9.47 Å². The molecule has 2 saturated heterocycles. The SMILES string of the molecule is CO[C@@]12CCC3O[C@@H]3[C@@]13CCN[C@@H]2Cc1ccccc13. The smallest absolute Gasteiger partial charge is 0.0967 e. The van der Waals surface area contributed by atoms with Crippen LogP contribution in [-0.2, 0) is 21.3 Å². The molecule has 20 heavy (non-hydrogen) atoms. The number of methoxy groups -OCH3 is 1. The molecule has 1 unspecified atom stereocenters. The number of ether oxygens (including phenoxy) is 2. The quantitative estimate of drug-likeness (QED) is 0.791. The Balaban J connectivity index is 1.80. The van der Waals surface area contributed by atoms with Crippen LogP contribution in [0.25, 0.3) is 0 Å². The molecule has 0 amide bonds. The molecule has 0 radical (unpaired) electrons. The van der Waals surface area contributed by atoms with Crippen molar-refractivity contribution >= 4 is 0 Å². The fourth-order valence-electron chi connectivity index (χ4n) is 5.60. The van der Waals surface area contributed by atoms with E-state index >= 15 is 0 Å². The first-order valence-corrected chi connectivity index (χ1v) is 7.84. The lowest BCUT2D eigenvalue weighted by atomic mass is 9.50. The number of hydrogen-bond acceptors (Lipinski definition) is 3. The standard InChI is InChI=1S/C17H21NO2/c1-19-17-7-6-13-15(20-13)16(17)8-9-18-14(17)10-11-4-2-3-5-12(11)16/h2-5,13-15,18H,6-10H2,1H3/t13?,14-,15+,16+,17-/m1/s1. The zero-order valence-electron chi connectivity index (χ0n) is 11.9. The van der Waals surface area contributed by atoms with Gasteiger partial charge in [-0.25, -0.2) is 0 Å². The van der Waals surface area contributed by atoms with Crippen molar-refractivity contribution in [2.75, 3.05) is 13.7 Å². The Morgan fingerprint density at radius 3 is 3.10 bits per heavy atom. The Bertz CT molecular complexity index is 574. The molecular weight excluding hydrogens is 250 g/mol. The van der Waals surface area contributed by atoms with Crippen LogP contribution in [0.1, 0.15) is 30.4 Å². The molecule has 1 N–H and O–H groups in total. The van der Waals surface area contributed by atoms with Gasteiger partial charge in [-0.05, 0) is 43.4 Å². The minimum atomic E-state index is -0.0722. The van der Waals surface area contributed by atoms with Crippen LogP contribution in [0.2, 0.25) is 0 Å². The van der Waals surface area contributed by atoms with Gasteiger partial charge in [0.2, 0.25) is 0 Å². The first kappa shape index (κ1) is 11.7. The number of benzene rings is 1. The van der Waals surface area contributed by atoms with Gasteiger partial charge in [0, 0.05) is 13.2 Å². The van der Waals surface area contributed by atoms with Crippen LogP contribution in [0.5, 0.6) is 0 Å². The van der Waals surface area contributed by atoms with E-state index in [1.807, 2.05) is 7.11 Å². The minimum absolute atomic E-state index is 0.0722. The first-order valence-electron chi connectivity index (χ1n) is 7.84. The number of rotatable bonds is 1. The van der Waals surface area contributed by atoms with Gasteiger partial charge in [0.25, 0.3) is 0 Å². The maximum Gasteiger partial charge on any atom is 0.0967 e. The molecule has 3 nitrogen and oxygen atoms in total. The second kappa shape index (κ2) is 3.65. The van der Waals surface area contributed by atoms with Gasteiger partial charge < -0.3 is 14.8 Å². The number of hydrogen-bond donors (Lipinski definition) is 1. The van der Waals surface area contributed by atoms with Crippen molar-refractivity contribution in [1.82, 2.24) is 5.32 Å². The third kappa shape index (κ3) is 1.11. The van der Waals surface area contributed by atoms with Crippen LogP contribution in [0.3, 0.4) is 0 Å². The van der Waals surface area contributed by atoms with Crippen LogP contribution < -0.4 is 5.32 Å². The van der Waals surface area contributed by atoms with E-state index in [1.54, 1.807) is 0 Å². The molecule has 3 fully saturated rings. The molecule has 4 aliphatic rings. The van der Waals surface area contributed by atoms with Crippen molar-refractivity contribution in [2.24, 2.45) is 0 Å². The molecule has 3 heteroatoms. The number of piperidine rings is 1. The molecule has 0 aromatic heterocycles. The zero-order valence-corrected chi connectivity index (χ0v) is 11.9. The van der Waals surface area contributed by atoms with E-state index in [1.165, 1.54) is 11.1 Å². The molecule has 5 atom stereocenters. The highest BCUT2D eigenvalue weighted by molar-refractivity contribution is 5.48. The average Bonchev–Trinajstić information content (AvgIpc) is 3.27. The van der Waals surface area contributed by atoms with Gasteiger partial charge >= 0.3 is 0 Å². The summed E-state index contributed by atoms with van der Waals surface area (Å²) in [6.45, 7) is 1.08. The third-order valence-electron chi connectivity index (χ3n) is 6.38. The van der Waals surface area contributed by atoms with Crippen molar-refractivity contribution in [3.8, 4) is 0 Å². The molecule has 2 heterocycles. The lowest BCUT2D eigenvalue weighted by Crippen LogP contribution is -2.74. The molecule has 2 aliphatic carbocycles. The fourth-order valence-corrected chi connectivity index (χ4v) is 5.60. The number of epoxide rings is 1. The van der Waals surface area contributed by atoms with E-state index in [0.29, 0.717) is 18.2 Å². The molecule has 1 aromatic rings. The highest BCUT2D eigenvalue weighted by Gasteiger charge is 2.73. The van der Waals surface area contributed by atoms with Crippen molar-refractivity contribution in [1.29, 1.82) is 0 Å². The summed E-state index contributed by atoms with van der Waals surface area (Å²) in [5.41, 5.74) is 3.01. The van der Waals surface area contributed by atoms with Gasteiger partial charge in [-0.2, -0.15) is 0 Å². The summed E-state index contributed by atoms with van der Waals surface area (Å²) in [6, 6.07) is 9.40. The Hall–Kier alpha value is -0.900. The maximum absolute atomic E-state index is 6.25. The largest absolute Gasteiger partial charge is 0.376 e. The van der Waals surface area contributed by atoms with Gasteiger partial charge in [-0.1, -0.05) is 24.3 Å². The van der Waals surface area contributed by atoms with Crippen molar-refractivity contribution < 1.29 is 9.47 Å². The topological polar surface area (TPSA) is 33.8 Å². The molecule has 0 spiro atoms. The van der Waals surface area contributed by atoms with E-state index in [9.17, 15) is 0 Å². The number of nitrogens with one attached hydrogen (secondary N) is 1. The predicted molar refractivity (Wildman–Crippen MR) is 75.9 cm³/mol. The van der Waals surface area contributed by atoms with Gasteiger partial charge in [-0.3, -0.25) is 0 Å². The van der Waals surface area contributed by atoms with E-state index in [2.05, 4.69) is 29.6 Å². The Labute approximate surface area is 119 Å². The monoisotopic (exact) mass is 271 g/mol. The van der Waals surface area contributed by atoms with Gasteiger partial charge in [-0.15, -0.1) is 0 Å². The molecule has 2 aliphatic heterocycles. The van der Waals surface area contributed by atoms with Crippen LogP contribution in [0.4, 0.5) is 0 Å². The Morgan fingerprint density at radius 2 is 2.20 bits per heavy atom. The zero-order chi connectivity index (χ0) is 13.4. The summed E-state index contributed by atoms with van der Waals surface area (Å²) in [7, 11) is 1.91.